The molecule has 1 amide bonds. The molecule has 0 saturated carbocycles. The van der Waals surface area contributed by atoms with Gasteiger partial charge < -0.3 is 16.0 Å². The summed E-state index contributed by atoms with van der Waals surface area (Å²) < 4.78 is 0. The second-order valence-corrected chi connectivity index (χ2v) is 4.85. The van der Waals surface area contributed by atoms with Crippen LogP contribution >= 0.6 is 0 Å². The van der Waals surface area contributed by atoms with Crippen LogP contribution in [-0.2, 0) is 6.42 Å². The van der Waals surface area contributed by atoms with E-state index in [1.54, 1.807) is 13.8 Å². The van der Waals surface area contributed by atoms with Gasteiger partial charge in [0.25, 0.3) is 11.5 Å². The molecule has 2 rings (SSSR count). The number of H-pyrrole nitrogens is 2. The fraction of sp³-hybridized carbons (Fsp3) is 0.385. The maximum absolute atomic E-state index is 12.1. The number of nitrogens with two attached hydrogens (primary N) is 1. The predicted molar refractivity (Wildman–Crippen MR) is 78.1 cm³/mol. The smallest absolute Gasteiger partial charge is 0.261 e. The minimum atomic E-state index is -0.399. The minimum Gasteiger partial charge on any atom is -0.367 e. The van der Waals surface area contributed by atoms with Gasteiger partial charge in [0.1, 0.15) is 11.4 Å². The summed E-state index contributed by atoms with van der Waals surface area (Å²) in [6.07, 6.45) is 0.456. The lowest BCUT2D eigenvalue weighted by atomic mass is 10.0. The van der Waals surface area contributed by atoms with Crippen LogP contribution in [0.3, 0.4) is 0 Å². The molecule has 0 unspecified atom stereocenters. The molecule has 0 fully saturated rings. The van der Waals surface area contributed by atoms with Crippen LogP contribution in [0.15, 0.2) is 4.79 Å². The Labute approximate surface area is 121 Å². The molecule has 0 bridgehead atoms. The van der Waals surface area contributed by atoms with Gasteiger partial charge >= 0.3 is 0 Å². The van der Waals surface area contributed by atoms with Crippen molar-refractivity contribution >= 4 is 11.9 Å². The first-order chi connectivity index (χ1) is 9.90. The topological polar surface area (TPSA) is 130 Å². The first-order valence-electron chi connectivity index (χ1n) is 6.55. The summed E-state index contributed by atoms with van der Waals surface area (Å²) >= 11 is 0. The highest BCUT2D eigenvalue weighted by atomic mass is 16.2. The Hall–Kier alpha value is -2.64. The molecule has 0 spiro atoms. The van der Waals surface area contributed by atoms with E-state index in [0.29, 0.717) is 24.4 Å². The number of nitrogens with zero attached hydrogens (tertiary/aromatic N) is 2. The Morgan fingerprint density at radius 3 is 2.62 bits per heavy atom. The Bertz CT molecular complexity index is 731. The molecule has 8 nitrogen and oxygen atoms in total. The van der Waals surface area contributed by atoms with E-state index < -0.39 is 5.91 Å². The van der Waals surface area contributed by atoms with Gasteiger partial charge in [-0.05, 0) is 31.9 Å². The summed E-state index contributed by atoms with van der Waals surface area (Å²) in [6, 6.07) is 0. The van der Waals surface area contributed by atoms with Crippen molar-refractivity contribution < 1.29 is 4.79 Å². The predicted octanol–water partition coefficient (Wildman–Crippen LogP) is -0.0270. The van der Waals surface area contributed by atoms with Gasteiger partial charge in [0.2, 0.25) is 5.95 Å². The third-order valence-electron chi connectivity index (χ3n) is 3.45. The molecule has 5 N–H and O–H groups in total. The molecule has 0 radical (unpaired) electrons. The Morgan fingerprint density at radius 1 is 1.29 bits per heavy atom. The molecule has 2 aromatic rings. The van der Waals surface area contributed by atoms with Gasteiger partial charge in [-0.25, -0.2) is 0 Å². The van der Waals surface area contributed by atoms with Crippen molar-refractivity contribution in [1.82, 2.24) is 25.5 Å². The molecular formula is C13H18N6O2. The van der Waals surface area contributed by atoms with E-state index in [1.807, 2.05) is 6.92 Å². The van der Waals surface area contributed by atoms with Crippen molar-refractivity contribution in [3.05, 3.63) is 38.6 Å². The average molecular weight is 290 g/mol. The van der Waals surface area contributed by atoms with Gasteiger partial charge in [0.15, 0.2) is 0 Å². The van der Waals surface area contributed by atoms with Crippen LogP contribution in [0, 0.1) is 20.8 Å². The number of aromatic amines is 2. The number of nitrogen functional groups attached to an aromatic ring is 1. The number of hydrogen-bond acceptors (Lipinski definition) is 5. The minimum absolute atomic E-state index is 0.148. The lowest BCUT2D eigenvalue weighted by Crippen LogP contribution is -2.33. The maximum atomic E-state index is 12.1. The highest BCUT2D eigenvalue weighted by Crippen LogP contribution is 2.11. The number of hydrogen-bond donors (Lipinski definition) is 4. The summed E-state index contributed by atoms with van der Waals surface area (Å²) in [4.78, 5) is 30.7. The van der Waals surface area contributed by atoms with Crippen molar-refractivity contribution in [1.29, 1.82) is 0 Å². The number of anilines is 1. The van der Waals surface area contributed by atoms with Gasteiger partial charge in [0.05, 0.1) is 0 Å². The number of nitrogens with one attached hydrogen (secondary N) is 3. The Kier molecular flexibility index (Phi) is 4.06. The van der Waals surface area contributed by atoms with E-state index >= 15 is 0 Å². The van der Waals surface area contributed by atoms with Crippen molar-refractivity contribution in [3.63, 3.8) is 0 Å². The quantitative estimate of drug-likeness (QED) is 0.628. The van der Waals surface area contributed by atoms with Crippen LogP contribution in [0.5, 0.6) is 0 Å². The molecule has 8 heteroatoms. The fourth-order valence-corrected chi connectivity index (χ4v) is 2.04. The molecule has 0 saturated heterocycles. The van der Waals surface area contributed by atoms with Gasteiger partial charge in [-0.15, -0.1) is 5.10 Å². The van der Waals surface area contributed by atoms with Crippen LogP contribution in [0.4, 0.5) is 5.95 Å². The largest absolute Gasteiger partial charge is 0.367 e. The van der Waals surface area contributed by atoms with Crippen LogP contribution in [-0.4, -0.2) is 32.6 Å². The second kappa shape index (κ2) is 5.78. The summed E-state index contributed by atoms with van der Waals surface area (Å²) in [7, 11) is 0. The van der Waals surface area contributed by atoms with Crippen molar-refractivity contribution in [3.8, 4) is 0 Å². The molecule has 2 heterocycles. The first kappa shape index (κ1) is 14.8. The van der Waals surface area contributed by atoms with Crippen molar-refractivity contribution in [2.24, 2.45) is 0 Å². The molecule has 21 heavy (non-hydrogen) atoms. The van der Waals surface area contributed by atoms with Crippen molar-refractivity contribution in [2.45, 2.75) is 27.2 Å². The molecule has 2 aromatic heterocycles. The summed E-state index contributed by atoms with van der Waals surface area (Å²) in [5.74, 6) is 0.348. The number of aromatic nitrogens is 4. The van der Waals surface area contributed by atoms with Crippen LogP contribution in [0.2, 0.25) is 0 Å². The van der Waals surface area contributed by atoms with Gasteiger partial charge in [-0.1, -0.05) is 0 Å². The molecule has 112 valence electrons. The molecule has 0 aliphatic heterocycles. The Morgan fingerprint density at radius 2 is 2.00 bits per heavy atom. The molecular weight excluding hydrogens is 272 g/mol. The van der Waals surface area contributed by atoms with Gasteiger partial charge in [-0.2, -0.15) is 4.98 Å². The molecule has 0 aliphatic rings. The van der Waals surface area contributed by atoms with E-state index in [9.17, 15) is 9.59 Å². The molecule has 0 aromatic carbocycles. The van der Waals surface area contributed by atoms with E-state index in [1.165, 1.54) is 0 Å². The van der Waals surface area contributed by atoms with E-state index in [2.05, 4.69) is 25.5 Å². The second-order valence-electron chi connectivity index (χ2n) is 4.85. The summed E-state index contributed by atoms with van der Waals surface area (Å²) in [5, 5.41) is 9.05. The third-order valence-corrected chi connectivity index (χ3v) is 3.45. The third kappa shape index (κ3) is 3.10. The zero-order chi connectivity index (χ0) is 15.6. The Balaban J connectivity index is 2.07. The molecule has 0 aliphatic carbocycles. The number of amides is 1. The summed E-state index contributed by atoms with van der Waals surface area (Å²) in [6.45, 7) is 5.78. The number of pyridine rings is 1. The maximum Gasteiger partial charge on any atom is 0.261 e. The van der Waals surface area contributed by atoms with E-state index in [-0.39, 0.29) is 17.1 Å². The van der Waals surface area contributed by atoms with Crippen molar-refractivity contribution in [2.75, 3.05) is 12.3 Å². The zero-order valence-corrected chi connectivity index (χ0v) is 12.2. The number of rotatable bonds is 4. The number of carbonyl (C=O) groups is 1. The van der Waals surface area contributed by atoms with Gasteiger partial charge in [0, 0.05) is 18.7 Å². The fourth-order valence-electron chi connectivity index (χ4n) is 2.04. The standard InChI is InChI=1S/C13H18N6O2/c1-6-7(2)10(12(21)16-8(6)3)11(20)15-5-4-9-17-13(14)19-18-9/h4-5H2,1-3H3,(H,15,20)(H,16,21)(H3,14,17,18,19). The number of carbonyl (C=O) groups excluding carboxylic acids is 1. The van der Waals surface area contributed by atoms with E-state index in [4.69, 9.17) is 5.73 Å². The van der Waals surface area contributed by atoms with Gasteiger partial charge in [-0.3, -0.25) is 14.7 Å². The van der Waals surface area contributed by atoms with Crippen LogP contribution in [0.1, 0.15) is 33.0 Å². The summed E-state index contributed by atoms with van der Waals surface area (Å²) in [5.41, 5.74) is 7.52. The zero-order valence-electron chi connectivity index (χ0n) is 12.2. The lowest BCUT2D eigenvalue weighted by molar-refractivity contribution is 0.0951. The normalized spacial score (nSPS) is 10.6. The van der Waals surface area contributed by atoms with Crippen LogP contribution in [0.25, 0.3) is 0 Å². The monoisotopic (exact) mass is 290 g/mol. The lowest BCUT2D eigenvalue weighted by Gasteiger charge is -2.10. The SMILES string of the molecule is Cc1[nH]c(=O)c(C(=O)NCCc2nc(N)n[nH]2)c(C)c1C. The highest BCUT2D eigenvalue weighted by Gasteiger charge is 2.16. The van der Waals surface area contributed by atoms with Crippen LogP contribution < -0.4 is 16.6 Å². The molecule has 0 atom stereocenters. The van der Waals surface area contributed by atoms with E-state index in [0.717, 1.165) is 11.3 Å². The highest BCUT2D eigenvalue weighted by molar-refractivity contribution is 5.95. The number of aryl methyl sites for hydroxylation is 1. The average Bonchev–Trinajstić information content (AvgIpc) is 2.82. The first-order valence-corrected chi connectivity index (χ1v) is 6.55.